The van der Waals surface area contributed by atoms with Crippen LogP contribution in [0.1, 0.15) is 17.4 Å². The summed E-state index contributed by atoms with van der Waals surface area (Å²) < 4.78 is 20.3. The van der Waals surface area contributed by atoms with Gasteiger partial charge in [0.25, 0.3) is 0 Å². The van der Waals surface area contributed by atoms with Gasteiger partial charge in [0, 0.05) is 33.7 Å². The van der Waals surface area contributed by atoms with E-state index in [2.05, 4.69) is 5.32 Å². The molecule has 0 atom stereocenters. The van der Waals surface area contributed by atoms with Gasteiger partial charge in [0.05, 0.1) is 6.61 Å². The largest absolute Gasteiger partial charge is 0.377 e. The molecule has 0 aliphatic heterocycles. The van der Waals surface area contributed by atoms with E-state index in [9.17, 15) is 4.39 Å². The Bertz CT molecular complexity index is 509. The topological polar surface area (TPSA) is 21.3 Å². The first kappa shape index (κ1) is 12.5. The molecular weight excluding hydrogens is 237 g/mol. The highest BCUT2D eigenvalue weighted by Gasteiger charge is 2.14. The van der Waals surface area contributed by atoms with Crippen molar-refractivity contribution in [3.63, 3.8) is 0 Å². The predicted molar refractivity (Wildman–Crippen MR) is 69.9 cm³/mol. The summed E-state index contributed by atoms with van der Waals surface area (Å²) in [6.45, 7) is 3.82. The number of hydrogen-bond donors (Lipinski definition) is 1. The number of rotatable bonds is 5. The Hall–Kier alpha value is -0.970. The fourth-order valence-corrected chi connectivity index (χ4v) is 3.11. The van der Waals surface area contributed by atoms with E-state index in [1.165, 1.54) is 6.07 Å². The average molecular weight is 253 g/mol. The molecule has 0 bridgehead atoms. The lowest BCUT2D eigenvalue weighted by molar-refractivity contribution is 0.134. The molecule has 0 aliphatic carbocycles. The summed E-state index contributed by atoms with van der Waals surface area (Å²) in [5.74, 6) is -0.157. The molecule has 0 amide bonds. The Labute approximate surface area is 104 Å². The quantitative estimate of drug-likeness (QED) is 0.882. The Morgan fingerprint density at radius 2 is 2.24 bits per heavy atom. The number of fused-ring (bicyclic) bond motifs is 1. The van der Waals surface area contributed by atoms with Crippen LogP contribution in [0.4, 0.5) is 4.39 Å². The summed E-state index contributed by atoms with van der Waals surface area (Å²) in [7, 11) is 1.89. The second-order valence-electron chi connectivity index (χ2n) is 3.78. The van der Waals surface area contributed by atoms with Gasteiger partial charge in [-0.05, 0) is 26.1 Å². The van der Waals surface area contributed by atoms with Crippen LogP contribution in [0.25, 0.3) is 10.1 Å². The maximum atomic E-state index is 13.9. The molecule has 1 N–H and O–H groups in total. The van der Waals surface area contributed by atoms with Crippen molar-refractivity contribution in [3.8, 4) is 0 Å². The number of halogens is 1. The summed E-state index contributed by atoms with van der Waals surface area (Å²) in [5.41, 5.74) is 0.985. The molecule has 0 saturated heterocycles. The van der Waals surface area contributed by atoms with Crippen LogP contribution >= 0.6 is 11.3 Å². The molecule has 0 aliphatic rings. The van der Waals surface area contributed by atoms with E-state index in [0.717, 1.165) is 27.1 Å². The van der Waals surface area contributed by atoms with E-state index >= 15 is 0 Å². The fraction of sp³-hybridized carbons (Fsp3) is 0.385. The average Bonchev–Trinajstić information content (AvgIpc) is 2.66. The summed E-state index contributed by atoms with van der Waals surface area (Å²) in [6.07, 6.45) is 0. The second-order valence-corrected chi connectivity index (χ2v) is 4.92. The normalized spacial score (nSPS) is 11.2. The molecule has 0 spiro atoms. The minimum atomic E-state index is -0.157. The van der Waals surface area contributed by atoms with Crippen LogP contribution in [0, 0.1) is 5.82 Å². The van der Waals surface area contributed by atoms with Gasteiger partial charge in [-0.3, -0.25) is 0 Å². The molecule has 1 aromatic heterocycles. The molecule has 2 rings (SSSR count). The highest BCUT2D eigenvalue weighted by molar-refractivity contribution is 7.19. The van der Waals surface area contributed by atoms with Crippen LogP contribution in [0.3, 0.4) is 0 Å². The summed E-state index contributed by atoms with van der Waals surface area (Å²) in [5, 5.41) is 3.83. The van der Waals surface area contributed by atoms with Gasteiger partial charge in [-0.25, -0.2) is 4.39 Å². The third kappa shape index (κ3) is 2.49. The van der Waals surface area contributed by atoms with Gasteiger partial charge in [0.15, 0.2) is 0 Å². The zero-order valence-corrected chi connectivity index (χ0v) is 10.9. The Morgan fingerprint density at radius 3 is 2.94 bits per heavy atom. The lowest BCUT2D eigenvalue weighted by Crippen LogP contribution is -2.06. The van der Waals surface area contributed by atoms with E-state index < -0.39 is 0 Å². The molecule has 4 heteroatoms. The third-order valence-corrected chi connectivity index (χ3v) is 3.83. The number of hydrogen-bond acceptors (Lipinski definition) is 3. The van der Waals surface area contributed by atoms with Gasteiger partial charge >= 0.3 is 0 Å². The van der Waals surface area contributed by atoms with Crippen LogP contribution in [0.5, 0.6) is 0 Å². The van der Waals surface area contributed by atoms with Gasteiger partial charge in [-0.1, -0.05) is 6.07 Å². The van der Waals surface area contributed by atoms with Crippen molar-refractivity contribution in [2.45, 2.75) is 20.1 Å². The zero-order valence-electron chi connectivity index (χ0n) is 10.0. The maximum Gasteiger partial charge on any atom is 0.132 e. The lowest BCUT2D eigenvalue weighted by Gasteiger charge is -2.04. The molecule has 1 aromatic carbocycles. The van der Waals surface area contributed by atoms with Gasteiger partial charge in [-0.15, -0.1) is 11.3 Å². The molecule has 17 heavy (non-hydrogen) atoms. The summed E-state index contributed by atoms with van der Waals surface area (Å²) in [4.78, 5) is 1.15. The second kappa shape index (κ2) is 5.58. The van der Waals surface area contributed by atoms with Crippen molar-refractivity contribution >= 4 is 21.4 Å². The van der Waals surface area contributed by atoms with Gasteiger partial charge in [0.1, 0.15) is 5.82 Å². The zero-order chi connectivity index (χ0) is 12.3. The molecule has 92 valence electrons. The van der Waals surface area contributed by atoms with Crippen molar-refractivity contribution in [1.29, 1.82) is 0 Å². The van der Waals surface area contributed by atoms with E-state index in [1.807, 2.05) is 20.0 Å². The first-order valence-corrected chi connectivity index (χ1v) is 6.50. The fourth-order valence-electron chi connectivity index (χ4n) is 1.88. The van der Waals surface area contributed by atoms with Crippen LogP contribution in [0.2, 0.25) is 0 Å². The van der Waals surface area contributed by atoms with E-state index in [4.69, 9.17) is 4.74 Å². The highest BCUT2D eigenvalue weighted by atomic mass is 32.1. The van der Waals surface area contributed by atoms with Gasteiger partial charge in [0.2, 0.25) is 0 Å². The SMILES string of the molecule is CCOCc1c(CNC)sc2cccc(F)c12. The number of benzene rings is 1. The van der Waals surface area contributed by atoms with Crippen LogP contribution < -0.4 is 5.32 Å². The van der Waals surface area contributed by atoms with Crippen molar-refractivity contribution in [2.75, 3.05) is 13.7 Å². The van der Waals surface area contributed by atoms with Gasteiger partial charge in [-0.2, -0.15) is 0 Å². The number of ether oxygens (including phenoxy) is 1. The first-order valence-electron chi connectivity index (χ1n) is 5.69. The number of thiophene rings is 1. The molecule has 0 fully saturated rings. The summed E-state index contributed by atoms with van der Waals surface area (Å²) >= 11 is 1.63. The van der Waals surface area contributed by atoms with Crippen molar-refractivity contribution in [3.05, 3.63) is 34.5 Å². The molecular formula is C13H16FNOS. The highest BCUT2D eigenvalue weighted by Crippen LogP contribution is 2.33. The van der Waals surface area contributed by atoms with Crippen LogP contribution in [-0.2, 0) is 17.9 Å². The Balaban J connectivity index is 2.52. The Kier molecular flexibility index (Phi) is 4.10. The van der Waals surface area contributed by atoms with Crippen LogP contribution in [-0.4, -0.2) is 13.7 Å². The lowest BCUT2D eigenvalue weighted by atomic mass is 10.1. The summed E-state index contributed by atoms with van der Waals surface area (Å²) in [6, 6.07) is 5.22. The van der Waals surface area contributed by atoms with E-state index in [1.54, 1.807) is 17.4 Å². The van der Waals surface area contributed by atoms with Gasteiger partial charge < -0.3 is 10.1 Å². The molecule has 0 radical (unpaired) electrons. The predicted octanol–water partition coefficient (Wildman–Crippen LogP) is 3.30. The van der Waals surface area contributed by atoms with Crippen molar-refractivity contribution in [1.82, 2.24) is 5.32 Å². The first-order chi connectivity index (χ1) is 8.27. The standard InChI is InChI=1S/C13H16FNOS/c1-3-16-8-9-12(7-15-2)17-11-6-4-5-10(14)13(9)11/h4-6,15H,3,7-8H2,1-2H3. The molecule has 0 saturated carbocycles. The van der Waals surface area contributed by atoms with Crippen molar-refractivity contribution in [2.24, 2.45) is 0 Å². The minimum Gasteiger partial charge on any atom is -0.377 e. The molecule has 2 aromatic rings. The molecule has 1 heterocycles. The van der Waals surface area contributed by atoms with E-state index in [-0.39, 0.29) is 5.82 Å². The van der Waals surface area contributed by atoms with Crippen LogP contribution in [0.15, 0.2) is 18.2 Å². The smallest absolute Gasteiger partial charge is 0.132 e. The molecule has 2 nitrogen and oxygen atoms in total. The molecule has 0 unspecified atom stereocenters. The Morgan fingerprint density at radius 1 is 1.41 bits per heavy atom. The number of nitrogens with one attached hydrogen (secondary N) is 1. The van der Waals surface area contributed by atoms with E-state index in [0.29, 0.717) is 13.2 Å². The minimum absolute atomic E-state index is 0.157. The monoisotopic (exact) mass is 253 g/mol. The maximum absolute atomic E-state index is 13.9. The third-order valence-electron chi connectivity index (χ3n) is 2.63. The van der Waals surface area contributed by atoms with Crippen molar-refractivity contribution < 1.29 is 9.13 Å².